The molecule has 9 nitrogen and oxygen atoms in total. The zero-order valence-electron chi connectivity index (χ0n) is 20.9. The van der Waals surface area contributed by atoms with Crippen molar-refractivity contribution in [2.24, 2.45) is 5.10 Å². The maximum absolute atomic E-state index is 13.4. The van der Waals surface area contributed by atoms with E-state index in [1.807, 2.05) is 32.0 Å². The number of aromatic nitrogens is 2. The molecule has 4 aromatic rings. The number of ether oxygens (including phenoxy) is 2. The van der Waals surface area contributed by atoms with Crippen molar-refractivity contribution in [1.29, 1.82) is 0 Å². The number of nitrogens with zero attached hydrogens (tertiary/aromatic N) is 4. The van der Waals surface area contributed by atoms with Crippen LogP contribution in [-0.2, 0) is 6.61 Å². The van der Waals surface area contributed by atoms with Crippen LogP contribution in [0.3, 0.4) is 0 Å². The number of hydrogen-bond acceptors (Lipinski definition) is 7. The molecular weight excluding hydrogens is 667 g/mol. The third-order valence-corrected chi connectivity index (χ3v) is 7.29. The van der Waals surface area contributed by atoms with Gasteiger partial charge in [-0.05, 0) is 82.6 Å². The molecule has 1 heterocycles. The van der Waals surface area contributed by atoms with E-state index in [0.29, 0.717) is 33.8 Å². The molecule has 0 N–H and O–H groups in total. The molecular formula is C27H24BrIN4O5. The van der Waals surface area contributed by atoms with Gasteiger partial charge in [0.25, 0.3) is 11.2 Å². The minimum absolute atomic E-state index is 0.0226. The third kappa shape index (κ3) is 6.04. The van der Waals surface area contributed by atoms with Gasteiger partial charge in [-0.2, -0.15) is 9.78 Å². The van der Waals surface area contributed by atoms with Crippen molar-refractivity contribution in [3.8, 4) is 11.5 Å². The molecule has 38 heavy (non-hydrogen) atoms. The highest BCUT2D eigenvalue weighted by atomic mass is 127. The van der Waals surface area contributed by atoms with Crippen molar-refractivity contribution < 1.29 is 14.4 Å². The molecule has 0 bridgehead atoms. The second kappa shape index (κ2) is 12.0. The van der Waals surface area contributed by atoms with Gasteiger partial charge in [-0.3, -0.25) is 14.9 Å². The van der Waals surface area contributed by atoms with Gasteiger partial charge in [-0.1, -0.05) is 29.8 Å². The summed E-state index contributed by atoms with van der Waals surface area (Å²) in [4.78, 5) is 28.5. The molecule has 0 aliphatic carbocycles. The standard InChI is InChI=1S/C27H24BrIN4O5/c1-4-16(2)26-31-23-10-7-19(28)13-21(23)27(34)32(26)30-14-18-11-22(29)25(24(12-18)37-3)38-15-17-5-8-20(9-6-17)33(35)36/h5-14,16H,4,15H2,1-3H3/t16-/m0/s1. The second-order valence-corrected chi connectivity index (χ2v) is 10.6. The van der Waals surface area contributed by atoms with Crippen molar-refractivity contribution in [1.82, 2.24) is 9.66 Å². The number of hydrogen-bond donors (Lipinski definition) is 0. The van der Waals surface area contributed by atoms with Crippen molar-refractivity contribution in [2.45, 2.75) is 32.8 Å². The van der Waals surface area contributed by atoms with E-state index in [1.165, 1.54) is 16.8 Å². The van der Waals surface area contributed by atoms with Crippen molar-refractivity contribution in [2.75, 3.05) is 7.11 Å². The number of halogens is 2. The summed E-state index contributed by atoms with van der Waals surface area (Å²) in [5.41, 5.74) is 1.91. The topological polar surface area (TPSA) is 109 Å². The minimum Gasteiger partial charge on any atom is -0.493 e. The van der Waals surface area contributed by atoms with Crippen LogP contribution in [0.1, 0.15) is 43.1 Å². The van der Waals surface area contributed by atoms with Crippen LogP contribution >= 0.6 is 38.5 Å². The number of benzene rings is 3. The molecule has 4 rings (SSSR count). The molecule has 0 unspecified atom stereocenters. The van der Waals surface area contributed by atoms with Gasteiger partial charge in [0.15, 0.2) is 11.5 Å². The van der Waals surface area contributed by atoms with E-state index in [9.17, 15) is 14.9 Å². The van der Waals surface area contributed by atoms with E-state index in [0.717, 1.165) is 20.0 Å². The van der Waals surface area contributed by atoms with Crippen LogP contribution < -0.4 is 15.0 Å². The summed E-state index contributed by atoms with van der Waals surface area (Å²) in [6, 6.07) is 15.3. The number of non-ortho nitro benzene ring substituents is 1. The van der Waals surface area contributed by atoms with Gasteiger partial charge in [-0.25, -0.2) is 4.98 Å². The summed E-state index contributed by atoms with van der Waals surface area (Å²) in [7, 11) is 1.54. The Kier molecular flexibility index (Phi) is 8.77. The molecule has 0 saturated carbocycles. The monoisotopic (exact) mass is 690 g/mol. The Labute approximate surface area is 240 Å². The molecule has 11 heteroatoms. The van der Waals surface area contributed by atoms with Crippen LogP contribution in [0.4, 0.5) is 5.69 Å². The van der Waals surface area contributed by atoms with Crippen molar-refractivity contribution in [3.63, 3.8) is 0 Å². The van der Waals surface area contributed by atoms with Gasteiger partial charge >= 0.3 is 0 Å². The third-order valence-electron chi connectivity index (χ3n) is 5.99. The van der Waals surface area contributed by atoms with Gasteiger partial charge in [0.1, 0.15) is 12.4 Å². The highest BCUT2D eigenvalue weighted by molar-refractivity contribution is 14.1. The number of nitro benzene ring substituents is 1. The largest absolute Gasteiger partial charge is 0.493 e. The Morgan fingerprint density at radius 3 is 2.61 bits per heavy atom. The van der Waals surface area contributed by atoms with E-state index >= 15 is 0 Å². The zero-order chi connectivity index (χ0) is 27.4. The summed E-state index contributed by atoms with van der Waals surface area (Å²) in [6.07, 6.45) is 2.40. The average Bonchev–Trinajstić information content (AvgIpc) is 2.91. The molecule has 196 valence electrons. The quantitative estimate of drug-likeness (QED) is 0.0842. The fourth-order valence-corrected chi connectivity index (χ4v) is 4.87. The molecule has 0 saturated heterocycles. The average molecular weight is 691 g/mol. The highest BCUT2D eigenvalue weighted by Crippen LogP contribution is 2.34. The minimum atomic E-state index is -0.441. The van der Waals surface area contributed by atoms with Crippen LogP contribution in [0.2, 0.25) is 0 Å². The summed E-state index contributed by atoms with van der Waals surface area (Å²) >= 11 is 5.58. The maximum Gasteiger partial charge on any atom is 0.282 e. The Balaban J connectivity index is 1.65. The first-order valence-corrected chi connectivity index (χ1v) is 13.6. The Morgan fingerprint density at radius 1 is 1.21 bits per heavy atom. The van der Waals surface area contributed by atoms with Gasteiger partial charge in [-0.15, -0.1) is 0 Å². The smallest absolute Gasteiger partial charge is 0.282 e. The predicted octanol–water partition coefficient (Wildman–Crippen LogP) is 6.66. The van der Waals surface area contributed by atoms with Crippen LogP contribution in [0.5, 0.6) is 11.5 Å². The SMILES string of the molecule is CC[C@H](C)c1nc2ccc(Br)cc2c(=O)n1N=Cc1cc(I)c(OCc2ccc([N+](=O)[O-])cc2)c(OC)c1. The normalized spacial score (nSPS) is 12.1. The van der Waals surface area contributed by atoms with Gasteiger partial charge in [0, 0.05) is 22.5 Å². The fourth-order valence-electron chi connectivity index (χ4n) is 3.73. The van der Waals surface area contributed by atoms with Crippen LogP contribution in [-0.4, -0.2) is 27.9 Å². The molecule has 3 aromatic carbocycles. The predicted molar refractivity (Wildman–Crippen MR) is 159 cm³/mol. The summed E-state index contributed by atoms with van der Waals surface area (Å²) in [5, 5.41) is 15.9. The molecule has 1 atom stereocenters. The number of nitro groups is 1. The van der Waals surface area contributed by atoms with Crippen LogP contribution in [0, 0.1) is 13.7 Å². The Bertz CT molecular complexity index is 1590. The molecule has 0 radical (unpaired) electrons. The molecule has 0 fully saturated rings. The fraction of sp³-hybridized carbons (Fsp3) is 0.222. The first kappa shape index (κ1) is 27.7. The van der Waals surface area contributed by atoms with Crippen molar-refractivity contribution in [3.05, 3.63) is 100 Å². The molecule has 0 spiro atoms. The van der Waals surface area contributed by atoms with E-state index < -0.39 is 4.92 Å². The number of fused-ring (bicyclic) bond motifs is 1. The van der Waals surface area contributed by atoms with Crippen LogP contribution in [0.15, 0.2) is 69.0 Å². The first-order chi connectivity index (χ1) is 18.2. The van der Waals surface area contributed by atoms with E-state index in [2.05, 4.69) is 43.6 Å². The van der Waals surface area contributed by atoms with Gasteiger partial charge < -0.3 is 9.47 Å². The second-order valence-electron chi connectivity index (χ2n) is 8.55. The molecule has 0 aliphatic rings. The molecule has 0 amide bonds. The first-order valence-electron chi connectivity index (χ1n) is 11.7. The van der Waals surface area contributed by atoms with Gasteiger partial charge in [0.2, 0.25) is 0 Å². The summed E-state index contributed by atoms with van der Waals surface area (Å²) in [6.45, 7) is 4.27. The van der Waals surface area contributed by atoms with E-state index in [-0.39, 0.29) is 23.8 Å². The van der Waals surface area contributed by atoms with Crippen LogP contribution in [0.25, 0.3) is 10.9 Å². The lowest BCUT2D eigenvalue weighted by Gasteiger charge is -2.15. The molecule has 0 aliphatic heterocycles. The lowest BCUT2D eigenvalue weighted by atomic mass is 10.1. The van der Waals surface area contributed by atoms with E-state index in [1.54, 1.807) is 37.6 Å². The Morgan fingerprint density at radius 2 is 1.95 bits per heavy atom. The lowest BCUT2D eigenvalue weighted by Crippen LogP contribution is -2.23. The maximum atomic E-state index is 13.4. The highest BCUT2D eigenvalue weighted by Gasteiger charge is 2.16. The van der Waals surface area contributed by atoms with E-state index in [4.69, 9.17) is 14.5 Å². The zero-order valence-corrected chi connectivity index (χ0v) is 24.6. The number of rotatable bonds is 9. The molecule has 1 aromatic heterocycles. The summed E-state index contributed by atoms with van der Waals surface area (Å²) in [5.74, 6) is 1.65. The van der Waals surface area contributed by atoms with Gasteiger partial charge in [0.05, 0.1) is 32.7 Å². The Hall–Kier alpha value is -3.32. The number of methoxy groups -OCH3 is 1. The lowest BCUT2D eigenvalue weighted by molar-refractivity contribution is -0.384. The van der Waals surface area contributed by atoms with Crippen molar-refractivity contribution >= 4 is 61.3 Å². The summed E-state index contributed by atoms with van der Waals surface area (Å²) < 4.78 is 14.5.